The van der Waals surface area contributed by atoms with Crippen molar-refractivity contribution in [1.82, 2.24) is 24.6 Å². The van der Waals surface area contributed by atoms with Gasteiger partial charge in [0.05, 0.1) is 11.7 Å². The number of rotatable bonds is 2. The van der Waals surface area contributed by atoms with E-state index in [2.05, 4.69) is 19.9 Å². The summed E-state index contributed by atoms with van der Waals surface area (Å²) < 4.78 is 1.80. The minimum Gasteiger partial charge on any atom is -0.342 e. The van der Waals surface area contributed by atoms with E-state index >= 15 is 0 Å². The summed E-state index contributed by atoms with van der Waals surface area (Å²) in [5.74, 6) is 0.975. The number of H-pyrrole nitrogens is 1. The fraction of sp³-hybridized carbons (Fsp3) is 0.714. The summed E-state index contributed by atoms with van der Waals surface area (Å²) in [6.45, 7) is 9.39. The van der Waals surface area contributed by atoms with E-state index in [1.54, 1.807) is 10.9 Å². The lowest BCUT2D eigenvalue weighted by atomic mass is 9.95. The first-order valence-corrected chi connectivity index (χ1v) is 10.9. The molecule has 2 aromatic heterocycles. The lowest BCUT2D eigenvalue weighted by molar-refractivity contribution is -0.136. The predicted molar refractivity (Wildman–Crippen MR) is 113 cm³/mol. The number of piperidine rings is 1. The van der Waals surface area contributed by atoms with Gasteiger partial charge in [-0.3, -0.25) is 14.6 Å². The molecule has 2 aromatic rings. The van der Waals surface area contributed by atoms with Crippen molar-refractivity contribution in [2.45, 2.75) is 64.8 Å². The van der Waals surface area contributed by atoms with Crippen molar-refractivity contribution in [2.75, 3.05) is 31.1 Å². The molecule has 8 nitrogen and oxygen atoms in total. The molecule has 4 heterocycles. The standard InChI is InChI=1S/C21H32N6O2/c1-21(2,3)27-17-16(14-22-27)18(28)24-20(23-17)26-12-8-15(9-13-26)19(29)25-10-6-4-5-7-11-25/h14-15H,4-13H2,1-3H3,(H,23,24,28). The predicted octanol–water partition coefficient (Wildman–Crippen LogP) is 2.49. The van der Waals surface area contributed by atoms with Crippen molar-refractivity contribution in [3.05, 3.63) is 16.6 Å². The molecule has 1 N–H and O–H groups in total. The molecule has 158 valence electrons. The summed E-state index contributed by atoms with van der Waals surface area (Å²) >= 11 is 0. The first-order valence-electron chi connectivity index (χ1n) is 10.9. The number of nitrogens with zero attached hydrogens (tertiary/aromatic N) is 5. The lowest BCUT2D eigenvalue weighted by Crippen LogP contribution is -2.43. The Labute approximate surface area is 171 Å². The van der Waals surface area contributed by atoms with Crippen LogP contribution < -0.4 is 10.5 Å². The normalized spacial score (nSPS) is 19.6. The van der Waals surface area contributed by atoms with Gasteiger partial charge in [0.2, 0.25) is 11.9 Å². The van der Waals surface area contributed by atoms with Crippen LogP contribution in [0.4, 0.5) is 5.95 Å². The van der Waals surface area contributed by atoms with E-state index in [0.717, 1.165) is 51.9 Å². The molecule has 8 heteroatoms. The highest BCUT2D eigenvalue weighted by molar-refractivity contribution is 5.79. The van der Waals surface area contributed by atoms with Crippen LogP contribution in [0.3, 0.4) is 0 Å². The van der Waals surface area contributed by atoms with Crippen molar-refractivity contribution in [3.63, 3.8) is 0 Å². The first kappa shape index (κ1) is 19.9. The number of carbonyl (C=O) groups excluding carboxylic acids is 1. The second kappa shape index (κ2) is 7.80. The monoisotopic (exact) mass is 400 g/mol. The smallest absolute Gasteiger partial charge is 0.263 e. The number of aromatic nitrogens is 4. The number of carbonyl (C=O) groups is 1. The number of hydrogen-bond acceptors (Lipinski definition) is 5. The second-order valence-corrected chi connectivity index (χ2v) is 9.35. The molecule has 0 spiro atoms. The van der Waals surface area contributed by atoms with Crippen LogP contribution >= 0.6 is 0 Å². The van der Waals surface area contributed by atoms with Gasteiger partial charge in [-0.25, -0.2) is 4.68 Å². The van der Waals surface area contributed by atoms with E-state index in [0.29, 0.717) is 22.9 Å². The molecule has 0 unspecified atom stereocenters. The molecule has 1 amide bonds. The van der Waals surface area contributed by atoms with Gasteiger partial charge in [-0.1, -0.05) is 12.8 Å². The highest BCUT2D eigenvalue weighted by atomic mass is 16.2. The van der Waals surface area contributed by atoms with E-state index in [1.165, 1.54) is 12.8 Å². The van der Waals surface area contributed by atoms with Crippen molar-refractivity contribution in [3.8, 4) is 0 Å². The largest absolute Gasteiger partial charge is 0.342 e. The molecule has 0 radical (unpaired) electrons. The van der Waals surface area contributed by atoms with Gasteiger partial charge in [0, 0.05) is 32.1 Å². The quantitative estimate of drug-likeness (QED) is 0.837. The molecule has 0 saturated carbocycles. The fourth-order valence-corrected chi connectivity index (χ4v) is 4.44. The van der Waals surface area contributed by atoms with Crippen LogP contribution in [0.1, 0.15) is 59.3 Å². The number of anilines is 1. The number of likely N-dealkylation sites (tertiary alicyclic amines) is 1. The third-order valence-electron chi connectivity index (χ3n) is 6.12. The van der Waals surface area contributed by atoms with Crippen LogP contribution in [0.15, 0.2) is 11.0 Å². The van der Waals surface area contributed by atoms with Crippen LogP contribution in [-0.2, 0) is 10.3 Å². The SMILES string of the molecule is CC(C)(C)n1ncc2c(=O)[nH]c(N3CCC(C(=O)N4CCCCCC4)CC3)nc21. The van der Waals surface area contributed by atoms with Crippen molar-refractivity contribution in [2.24, 2.45) is 5.92 Å². The van der Waals surface area contributed by atoms with Crippen LogP contribution in [0, 0.1) is 5.92 Å². The number of amides is 1. The molecule has 2 aliphatic heterocycles. The maximum atomic E-state index is 12.9. The Bertz CT molecular complexity index is 925. The van der Waals surface area contributed by atoms with E-state index in [-0.39, 0.29) is 17.0 Å². The average molecular weight is 401 g/mol. The average Bonchev–Trinajstić information content (AvgIpc) is 2.96. The number of fused-ring (bicyclic) bond motifs is 1. The van der Waals surface area contributed by atoms with Crippen LogP contribution in [0.25, 0.3) is 11.0 Å². The van der Waals surface area contributed by atoms with Gasteiger partial charge in [-0.05, 0) is 46.5 Å². The Hall–Kier alpha value is -2.38. The second-order valence-electron chi connectivity index (χ2n) is 9.35. The van der Waals surface area contributed by atoms with E-state index in [4.69, 9.17) is 4.98 Å². The molecule has 0 atom stereocenters. The minimum atomic E-state index is -0.258. The highest BCUT2D eigenvalue weighted by Crippen LogP contribution is 2.25. The van der Waals surface area contributed by atoms with Gasteiger partial charge in [0.1, 0.15) is 5.39 Å². The third-order valence-corrected chi connectivity index (χ3v) is 6.12. The molecule has 4 rings (SSSR count). The summed E-state index contributed by atoms with van der Waals surface area (Å²) in [6, 6.07) is 0. The Morgan fingerprint density at radius 2 is 1.72 bits per heavy atom. The van der Waals surface area contributed by atoms with Crippen molar-refractivity contribution >= 4 is 22.9 Å². The molecule has 2 saturated heterocycles. The molecular weight excluding hydrogens is 368 g/mol. The summed E-state index contributed by atoms with van der Waals surface area (Å²) in [4.78, 5) is 37.3. The summed E-state index contributed by atoms with van der Waals surface area (Å²) in [5, 5.41) is 4.88. The molecule has 0 aliphatic carbocycles. The van der Waals surface area contributed by atoms with Gasteiger partial charge in [-0.2, -0.15) is 10.1 Å². The molecule has 2 fully saturated rings. The topological polar surface area (TPSA) is 87.1 Å². The highest BCUT2D eigenvalue weighted by Gasteiger charge is 2.30. The van der Waals surface area contributed by atoms with Gasteiger partial charge in [0.25, 0.3) is 5.56 Å². The van der Waals surface area contributed by atoms with Crippen LogP contribution in [-0.4, -0.2) is 56.7 Å². The number of nitrogens with one attached hydrogen (secondary N) is 1. The summed E-state index contributed by atoms with van der Waals surface area (Å²) in [7, 11) is 0. The zero-order valence-electron chi connectivity index (χ0n) is 17.8. The summed E-state index contributed by atoms with van der Waals surface area (Å²) in [5.41, 5.74) is 0.189. The Morgan fingerprint density at radius 1 is 1.07 bits per heavy atom. The van der Waals surface area contributed by atoms with E-state index < -0.39 is 0 Å². The maximum absolute atomic E-state index is 12.9. The van der Waals surface area contributed by atoms with Gasteiger partial charge < -0.3 is 9.80 Å². The molecule has 29 heavy (non-hydrogen) atoms. The summed E-state index contributed by atoms with van der Waals surface area (Å²) in [6.07, 6.45) is 7.89. The Morgan fingerprint density at radius 3 is 2.34 bits per heavy atom. The molecule has 0 aromatic carbocycles. The van der Waals surface area contributed by atoms with E-state index in [1.807, 2.05) is 20.8 Å². The Kier molecular flexibility index (Phi) is 5.36. The van der Waals surface area contributed by atoms with Crippen LogP contribution in [0.2, 0.25) is 0 Å². The lowest BCUT2D eigenvalue weighted by Gasteiger charge is -2.34. The first-order chi connectivity index (χ1) is 13.8. The minimum absolute atomic E-state index is 0.0832. The van der Waals surface area contributed by atoms with Gasteiger partial charge in [-0.15, -0.1) is 0 Å². The third kappa shape index (κ3) is 4.02. The van der Waals surface area contributed by atoms with E-state index in [9.17, 15) is 9.59 Å². The molecule has 2 aliphatic rings. The number of aromatic amines is 1. The fourth-order valence-electron chi connectivity index (χ4n) is 4.44. The van der Waals surface area contributed by atoms with Crippen LogP contribution in [0.5, 0.6) is 0 Å². The Balaban J connectivity index is 1.49. The molecular formula is C21H32N6O2. The van der Waals surface area contributed by atoms with Crippen molar-refractivity contribution < 1.29 is 4.79 Å². The molecule has 0 bridgehead atoms. The zero-order valence-corrected chi connectivity index (χ0v) is 17.8. The zero-order chi connectivity index (χ0) is 20.6. The maximum Gasteiger partial charge on any atom is 0.263 e. The van der Waals surface area contributed by atoms with Gasteiger partial charge >= 0.3 is 0 Å². The number of hydrogen-bond donors (Lipinski definition) is 1. The van der Waals surface area contributed by atoms with Crippen molar-refractivity contribution in [1.29, 1.82) is 0 Å². The van der Waals surface area contributed by atoms with Gasteiger partial charge in [0.15, 0.2) is 5.65 Å².